The highest BCUT2D eigenvalue weighted by atomic mass is 16.5. The van der Waals surface area contributed by atoms with Crippen LogP contribution in [0.1, 0.15) is 34.6 Å². The van der Waals surface area contributed by atoms with Gasteiger partial charge in [0, 0.05) is 50.6 Å². The van der Waals surface area contributed by atoms with Gasteiger partial charge in [0.15, 0.2) is 0 Å². The molecule has 2 aliphatic rings. The number of hydrogen-bond acceptors (Lipinski definition) is 6. The van der Waals surface area contributed by atoms with Gasteiger partial charge in [-0.1, -0.05) is 0 Å². The Morgan fingerprint density at radius 1 is 1.44 bits per heavy atom. The maximum Gasteiger partial charge on any atom is 0.272 e. The van der Waals surface area contributed by atoms with Gasteiger partial charge in [-0.05, 0) is 18.9 Å². The van der Waals surface area contributed by atoms with Crippen molar-refractivity contribution in [2.75, 3.05) is 24.6 Å². The molecular formula is C17H22N6O2. The molecule has 25 heavy (non-hydrogen) atoms. The second kappa shape index (κ2) is 6.79. The summed E-state index contributed by atoms with van der Waals surface area (Å²) >= 11 is 0. The molecule has 8 heteroatoms. The number of ether oxygens (including phenoxy) is 1. The Bertz CT molecular complexity index is 774. The molecule has 2 aliphatic heterocycles. The van der Waals surface area contributed by atoms with Crippen LogP contribution in [0.5, 0.6) is 0 Å². The summed E-state index contributed by atoms with van der Waals surface area (Å²) < 4.78 is 7.07. The molecule has 0 unspecified atom stereocenters. The zero-order chi connectivity index (χ0) is 17.2. The predicted octanol–water partition coefficient (Wildman–Crippen LogP) is 0.682. The van der Waals surface area contributed by atoms with E-state index < -0.39 is 0 Å². The van der Waals surface area contributed by atoms with Crippen LogP contribution in [0, 0.1) is 0 Å². The van der Waals surface area contributed by atoms with E-state index in [-0.39, 0.29) is 11.9 Å². The molecule has 0 saturated carbocycles. The van der Waals surface area contributed by atoms with Gasteiger partial charge in [0.1, 0.15) is 5.69 Å². The average Bonchev–Trinajstić information content (AvgIpc) is 3.08. The first-order valence-electron chi connectivity index (χ1n) is 8.67. The Hall–Kier alpha value is -2.48. The third kappa shape index (κ3) is 3.48. The molecule has 4 rings (SSSR count). The Kier molecular flexibility index (Phi) is 4.35. The summed E-state index contributed by atoms with van der Waals surface area (Å²) in [5.41, 5.74) is 2.60. The number of anilines is 1. The van der Waals surface area contributed by atoms with Gasteiger partial charge in [0.05, 0.1) is 18.9 Å². The maximum absolute atomic E-state index is 12.3. The van der Waals surface area contributed by atoms with Gasteiger partial charge in [-0.25, -0.2) is 9.97 Å². The topological polar surface area (TPSA) is 85.2 Å². The fourth-order valence-corrected chi connectivity index (χ4v) is 3.34. The largest absolute Gasteiger partial charge is 0.376 e. The molecule has 8 nitrogen and oxygen atoms in total. The number of piperidine rings is 1. The van der Waals surface area contributed by atoms with E-state index in [2.05, 4.69) is 20.3 Å². The molecule has 4 heterocycles. The van der Waals surface area contributed by atoms with Crippen molar-refractivity contribution < 1.29 is 9.53 Å². The van der Waals surface area contributed by atoms with Gasteiger partial charge in [0.25, 0.3) is 5.91 Å². The Balaban J connectivity index is 1.43. The number of nitrogens with zero attached hydrogens (tertiary/aromatic N) is 5. The lowest BCUT2D eigenvalue weighted by atomic mass is 10.1. The standard InChI is InChI=1S/C17H22N6O2/c1-22-7-4-15(21-22)16(24)19-13-3-2-6-23(10-13)17-18-9-12-11-25-8-5-14(12)20-17/h4,7,9,13H,2-3,5-6,8,10-11H2,1H3,(H,19,24)/t13-/m1/s1. The van der Waals surface area contributed by atoms with Gasteiger partial charge >= 0.3 is 0 Å². The van der Waals surface area contributed by atoms with Gasteiger partial charge < -0.3 is 15.0 Å². The number of aromatic nitrogens is 4. The molecule has 2 aromatic rings. The lowest BCUT2D eigenvalue weighted by Gasteiger charge is -2.33. The highest BCUT2D eigenvalue weighted by molar-refractivity contribution is 5.92. The minimum atomic E-state index is -0.129. The minimum Gasteiger partial charge on any atom is -0.376 e. The molecule has 0 aromatic carbocycles. The summed E-state index contributed by atoms with van der Waals surface area (Å²) in [4.78, 5) is 23.7. The number of carbonyl (C=O) groups is 1. The summed E-state index contributed by atoms with van der Waals surface area (Å²) in [5.74, 6) is 0.619. The van der Waals surface area contributed by atoms with Crippen molar-refractivity contribution in [1.82, 2.24) is 25.1 Å². The van der Waals surface area contributed by atoms with Crippen LogP contribution < -0.4 is 10.2 Å². The third-order valence-electron chi connectivity index (χ3n) is 4.67. The number of hydrogen-bond donors (Lipinski definition) is 1. The number of nitrogens with one attached hydrogen (secondary N) is 1. The summed E-state index contributed by atoms with van der Waals surface area (Å²) in [5, 5.41) is 7.23. The normalized spacial score (nSPS) is 20.2. The van der Waals surface area contributed by atoms with Crippen LogP contribution in [0.4, 0.5) is 5.95 Å². The Morgan fingerprint density at radius 2 is 2.36 bits per heavy atom. The molecule has 0 spiro atoms. The first kappa shape index (κ1) is 16.0. The summed E-state index contributed by atoms with van der Waals surface area (Å²) in [7, 11) is 1.80. The van der Waals surface area contributed by atoms with E-state index >= 15 is 0 Å². The van der Waals surface area contributed by atoms with Crippen LogP contribution in [0.3, 0.4) is 0 Å². The van der Waals surface area contributed by atoms with Crippen LogP contribution >= 0.6 is 0 Å². The minimum absolute atomic E-state index is 0.0752. The second-order valence-electron chi connectivity index (χ2n) is 6.58. The van der Waals surface area contributed by atoms with Gasteiger partial charge in [-0.3, -0.25) is 9.48 Å². The summed E-state index contributed by atoms with van der Waals surface area (Å²) in [6.45, 7) is 2.93. The molecule has 1 fully saturated rings. The van der Waals surface area contributed by atoms with E-state index in [1.54, 1.807) is 24.0 Å². The van der Waals surface area contributed by atoms with Crippen LogP contribution in [-0.4, -0.2) is 51.4 Å². The lowest BCUT2D eigenvalue weighted by molar-refractivity contribution is 0.0927. The Morgan fingerprint density at radius 3 is 3.20 bits per heavy atom. The van der Waals surface area contributed by atoms with Gasteiger partial charge in [-0.2, -0.15) is 5.10 Å². The van der Waals surface area contributed by atoms with Gasteiger partial charge in [0.2, 0.25) is 5.95 Å². The summed E-state index contributed by atoms with van der Waals surface area (Å²) in [6, 6.07) is 1.80. The molecule has 2 aromatic heterocycles. The quantitative estimate of drug-likeness (QED) is 0.883. The fraction of sp³-hybridized carbons (Fsp3) is 0.529. The lowest BCUT2D eigenvalue weighted by Crippen LogP contribution is -2.48. The zero-order valence-electron chi connectivity index (χ0n) is 14.3. The van der Waals surface area contributed by atoms with E-state index in [4.69, 9.17) is 9.72 Å². The highest BCUT2D eigenvalue weighted by Crippen LogP contribution is 2.20. The van der Waals surface area contributed by atoms with Crippen molar-refractivity contribution in [2.45, 2.75) is 31.9 Å². The molecular weight excluding hydrogens is 320 g/mol. The van der Waals surface area contributed by atoms with E-state index in [0.717, 1.165) is 43.0 Å². The number of fused-ring (bicyclic) bond motifs is 1. The number of rotatable bonds is 3. The van der Waals surface area contributed by atoms with E-state index in [1.165, 1.54) is 0 Å². The van der Waals surface area contributed by atoms with E-state index in [1.807, 2.05) is 6.20 Å². The zero-order valence-corrected chi connectivity index (χ0v) is 14.3. The van der Waals surface area contributed by atoms with E-state index in [0.29, 0.717) is 25.5 Å². The number of amides is 1. The van der Waals surface area contributed by atoms with Crippen LogP contribution in [0.2, 0.25) is 0 Å². The Labute approximate surface area is 146 Å². The maximum atomic E-state index is 12.3. The number of aryl methyl sites for hydroxylation is 1. The molecule has 0 aliphatic carbocycles. The molecule has 1 N–H and O–H groups in total. The van der Waals surface area contributed by atoms with Crippen LogP contribution in [-0.2, 0) is 24.8 Å². The summed E-state index contributed by atoms with van der Waals surface area (Å²) in [6.07, 6.45) is 6.42. The van der Waals surface area contributed by atoms with Crippen LogP contribution in [0.15, 0.2) is 18.5 Å². The highest BCUT2D eigenvalue weighted by Gasteiger charge is 2.25. The average molecular weight is 342 g/mol. The van der Waals surface area contributed by atoms with Crippen molar-refractivity contribution in [2.24, 2.45) is 7.05 Å². The van der Waals surface area contributed by atoms with Crippen molar-refractivity contribution in [1.29, 1.82) is 0 Å². The molecule has 1 saturated heterocycles. The predicted molar refractivity (Wildman–Crippen MR) is 91.3 cm³/mol. The number of carbonyl (C=O) groups excluding carboxylic acids is 1. The fourth-order valence-electron chi connectivity index (χ4n) is 3.34. The monoisotopic (exact) mass is 342 g/mol. The molecule has 0 radical (unpaired) electrons. The second-order valence-corrected chi connectivity index (χ2v) is 6.58. The molecule has 1 atom stereocenters. The smallest absolute Gasteiger partial charge is 0.272 e. The molecule has 1 amide bonds. The van der Waals surface area contributed by atoms with Crippen molar-refractivity contribution in [3.8, 4) is 0 Å². The molecule has 132 valence electrons. The van der Waals surface area contributed by atoms with Crippen molar-refractivity contribution >= 4 is 11.9 Å². The first-order valence-corrected chi connectivity index (χ1v) is 8.67. The van der Waals surface area contributed by atoms with Crippen molar-refractivity contribution in [3.63, 3.8) is 0 Å². The van der Waals surface area contributed by atoms with Crippen molar-refractivity contribution in [3.05, 3.63) is 35.4 Å². The van der Waals surface area contributed by atoms with Crippen LogP contribution in [0.25, 0.3) is 0 Å². The molecule has 0 bridgehead atoms. The third-order valence-corrected chi connectivity index (χ3v) is 4.67. The first-order chi connectivity index (χ1) is 12.2. The SMILES string of the molecule is Cn1ccc(C(=O)N[C@@H]2CCCN(c3ncc4c(n3)CCOC4)C2)n1. The van der Waals surface area contributed by atoms with Gasteiger partial charge in [-0.15, -0.1) is 0 Å². The van der Waals surface area contributed by atoms with E-state index in [9.17, 15) is 4.79 Å².